The van der Waals surface area contributed by atoms with Crippen molar-refractivity contribution in [3.8, 4) is 0 Å². The Morgan fingerprint density at radius 2 is 2.07 bits per heavy atom. The Hall–Kier alpha value is -2.38. The highest BCUT2D eigenvalue weighted by atomic mass is 35.5. The van der Waals surface area contributed by atoms with Crippen LogP contribution < -0.4 is 10.2 Å². The first-order valence-electron chi connectivity index (χ1n) is 9.88. The molecule has 0 bridgehead atoms. The molecule has 0 aliphatic carbocycles. The van der Waals surface area contributed by atoms with Crippen molar-refractivity contribution in [3.63, 3.8) is 0 Å². The van der Waals surface area contributed by atoms with Crippen LogP contribution >= 0.6 is 11.6 Å². The molecule has 4 rings (SSSR count). The number of urea groups is 1. The number of aryl methyl sites for hydroxylation is 1. The van der Waals surface area contributed by atoms with Crippen molar-refractivity contribution in [2.24, 2.45) is 0 Å². The molecule has 2 aliphatic heterocycles. The monoisotopic (exact) mass is 415 g/mol. The van der Waals surface area contributed by atoms with Crippen LogP contribution in [0, 0.1) is 6.92 Å². The van der Waals surface area contributed by atoms with Gasteiger partial charge in [-0.15, -0.1) is 0 Å². The summed E-state index contributed by atoms with van der Waals surface area (Å²) in [5.41, 5.74) is 3.37. The zero-order chi connectivity index (χ0) is 20.6. The average Bonchev–Trinajstić information content (AvgIpc) is 2.71. The first-order valence-corrected chi connectivity index (χ1v) is 10.3. The molecule has 0 atom stereocenters. The van der Waals surface area contributed by atoms with E-state index < -0.39 is 5.60 Å². The van der Waals surface area contributed by atoms with Crippen molar-refractivity contribution >= 4 is 29.3 Å². The Morgan fingerprint density at radius 3 is 2.76 bits per heavy atom. The third-order valence-corrected chi connectivity index (χ3v) is 6.12. The molecule has 1 aromatic carbocycles. The van der Waals surface area contributed by atoms with Gasteiger partial charge >= 0.3 is 6.03 Å². The number of ether oxygens (including phenoxy) is 1. The Labute approximate surface area is 176 Å². The summed E-state index contributed by atoms with van der Waals surface area (Å²) in [6.07, 6.45) is 4.17. The number of amides is 2. The second-order valence-corrected chi connectivity index (χ2v) is 8.32. The molecule has 1 saturated heterocycles. The van der Waals surface area contributed by atoms with Crippen LogP contribution in [-0.2, 0) is 16.8 Å². The van der Waals surface area contributed by atoms with Gasteiger partial charge < -0.3 is 19.9 Å². The van der Waals surface area contributed by atoms with Crippen molar-refractivity contribution in [1.29, 1.82) is 0 Å². The molecule has 0 saturated carbocycles. The maximum Gasteiger partial charge on any atom is 0.321 e. The number of aromatic nitrogens is 2. The topological polar surface area (TPSA) is 70.6 Å². The van der Waals surface area contributed by atoms with E-state index >= 15 is 0 Å². The summed E-state index contributed by atoms with van der Waals surface area (Å²) >= 11 is 6.17. The normalized spacial score (nSPS) is 17.7. The number of nitrogens with one attached hydrogen (secondary N) is 1. The van der Waals surface area contributed by atoms with Crippen LogP contribution in [0.5, 0.6) is 0 Å². The molecule has 154 valence electrons. The van der Waals surface area contributed by atoms with E-state index in [0.717, 1.165) is 23.2 Å². The fourth-order valence-electron chi connectivity index (χ4n) is 3.94. The number of hydrogen-bond acceptors (Lipinski definition) is 5. The van der Waals surface area contributed by atoms with Gasteiger partial charge in [-0.3, -0.25) is 0 Å². The highest BCUT2D eigenvalue weighted by Crippen LogP contribution is 2.40. The molecule has 2 aromatic rings. The summed E-state index contributed by atoms with van der Waals surface area (Å²) < 4.78 is 6.26. The zero-order valence-corrected chi connectivity index (χ0v) is 17.8. The van der Waals surface area contributed by atoms with Gasteiger partial charge in [0.2, 0.25) is 5.95 Å². The largest absolute Gasteiger partial charge is 0.368 e. The summed E-state index contributed by atoms with van der Waals surface area (Å²) in [5, 5.41) is 3.59. The molecule has 2 aliphatic rings. The summed E-state index contributed by atoms with van der Waals surface area (Å²) in [5.74, 6) is 0.685. The van der Waals surface area contributed by atoms with Gasteiger partial charge in [-0.2, -0.15) is 0 Å². The van der Waals surface area contributed by atoms with Crippen molar-refractivity contribution in [3.05, 3.63) is 46.2 Å². The van der Waals surface area contributed by atoms with Crippen molar-refractivity contribution in [1.82, 2.24) is 14.9 Å². The van der Waals surface area contributed by atoms with Crippen LogP contribution in [-0.4, -0.2) is 54.7 Å². The van der Waals surface area contributed by atoms with Crippen LogP contribution in [0.25, 0.3) is 0 Å². The summed E-state index contributed by atoms with van der Waals surface area (Å²) in [4.78, 5) is 25.7. The standard InChI is InChI=1S/C21H26ClN5O2/c1-14-4-5-16(12-17(14)22)24-20(28)27-9-7-21(8-10-27)18-15(6-11-29-21)13-23-19(25-18)26(2)3/h4-5,12-13H,6-11H2,1-3H3,(H,24,28). The molecule has 0 radical (unpaired) electrons. The number of halogens is 1. The van der Waals surface area contributed by atoms with Crippen LogP contribution in [0.4, 0.5) is 16.4 Å². The van der Waals surface area contributed by atoms with Crippen LogP contribution in [0.15, 0.2) is 24.4 Å². The quantitative estimate of drug-likeness (QED) is 0.811. The Morgan fingerprint density at radius 1 is 1.31 bits per heavy atom. The second kappa shape index (κ2) is 7.80. The third kappa shape index (κ3) is 3.89. The maximum absolute atomic E-state index is 12.7. The Balaban J connectivity index is 1.47. The molecular formula is C21H26ClN5O2. The predicted molar refractivity (Wildman–Crippen MR) is 114 cm³/mol. The minimum Gasteiger partial charge on any atom is -0.368 e. The number of fused-ring (bicyclic) bond motifs is 2. The number of anilines is 2. The fraction of sp³-hybridized carbons (Fsp3) is 0.476. The molecule has 7 nitrogen and oxygen atoms in total. The highest BCUT2D eigenvalue weighted by molar-refractivity contribution is 6.31. The molecule has 8 heteroatoms. The number of carbonyl (C=O) groups is 1. The Bertz CT molecular complexity index is 925. The van der Waals surface area contributed by atoms with Gasteiger partial charge in [0, 0.05) is 44.1 Å². The van der Waals surface area contributed by atoms with Gasteiger partial charge in [-0.05, 0) is 49.4 Å². The molecular weight excluding hydrogens is 390 g/mol. The van der Waals surface area contributed by atoms with Gasteiger partial charge in [0.05, 0.1) is 12.3 Å². The first kappa shape index (κ1) is 19.9. The molecule has 1 aromatic heterocycles. The van der Waals surface area contributed by atoms with Gasteiger partial charge in [0.25, 0.3) is 0 Å². The van der Waals surface area contributed by atoms with Gasteiger partial charge in [-0.25, -0.2) is 14.8 Å². The minimum absolute atomic E-state index is 0.118. The van der Waals surface area contributed by atoms with E-state index in [2.05, 4.69) is 10.3 Å². The molecule has 29 heavy (non-hydrogen) atoms. The SMILES string of the molecule is Cc1ccc(NC(=O)N2CCC3(CC2)OCCc2cnc(N(C)C)nc23)cc1Cl. The predicted octanol–water partition coefficient (Wildman–Crippen LogP) is 3.60. The third-order valence-electron chi connectivity index (χ3n) is 5.71. The van der Waals surface area contributed by atoms with E-state index in [-0.39, 0.29) is 6.03 Å². The van der Waals surface area contributed by atoms with Crippen LogP contribution in [0.2, 0.25) is 5.02 Å². The molecule has 2 amide bonds. The summed E-state index contributed by atoms with van der Waals surface area (Å²) in [7, 11) is 3.87. The lowest BCUT2D eigenvalue weighted by Crippen LogP contribution is -2.50. The number of rotatable bonds is 2. The maximum atomic E-state index is 12.7. The highest BCUT2D eigenvalue weighted by Gasteiger charge is 2.43. The molecule has 1 fully saturated rings. The van der Waals surface area contributed by atoms with E-state index in [0.29, 0.717) is 49.2 Å². The van der Waals surface area contributed by atoms with Gasteiger partial charge in [0.1, 0.15) is 5.60 Å². The fourth-order valence-corrected chi connectivity index (χ4v) is 4.12. The first-order chi connectivity index (χ1) is 13.9. The lowest BCUT2D eigenvalue weighted by atomic mass is 9.83. The van der Waals surface area contributed by atoms with Crippen molar-refractivity contribution < 1.29 is 9.53 Å². The van der Waals surface area contributed by atoms with E-state index in [4.69, 9.17) is 21.3 Å². The van der Waals surface area contributed by atoms with E-state index in [1.54, 1.807) is 6.07 Å². The lowest BCUT2D eigenvalue weighted by Gasteiger charge is -2.44. The molecule has 3 heterocycles. The van der Waals surface area contributed by atoms with E-state index in [9.17, 15) is 4.79 Å². The van der Waals surface area contributed by atoms with Crippen LogP contribution in [0.3, 0.4) is 0 Å². The smallest absolute Gasteiger partial charge is 0.321 e. The number of hydrogen-bond donors (Lipinski definition) is 1. The van der Waals surface area contributed by atoms with E-state index in [1.807, 2.05) is 49.1 Å². The molecule has 0 unspecified atom stereocenters. The summed E-state index contributed by atoms with van der Waals surface area (Å²) in [6.45, 7) is 3.80. The van der Waals surface area contributed by atoms with Crippen molar-refractivity contribution in [2.75, 3.05) is 44.0 Å². The van der Waals surface area contributed by atoms with Crippen LogP contribution in [0.1, 0.15) is 29.7 Å². The lowest BCUT2D eigenvalue weighted by molar-refractivity contribution is -0.0953. The molecule has 1 N–H and O–H groups in total. The average molecular weight is 416 g/mol. The second-order valence-electron chi connectivity index (χ2n) is 7.91. The number of likely N-dealkylation sites (tertiary alicyclic amines) is 1. The zero-order valence-electron chi connectivity index (χ0n) is 17.0. The van der Waals surface area contributed by atoms with Gasteiger partial charge in [0.15, 0.2) is 0 Å². The molecule has 1 spiro atoms. The van der Waals surface area contributed by atoms with Crippen molar-refractivity contribution in [2.45, 2.75) is 31.8 Å². The number of carbonyl (C=O) groups excluding carboxylic acids is 1. The number of nitrogens with zero attached hydrogens (tertiary/aromatic N) is 4. The number of piperidine rings is 1. The summed E-state index contributed by atoms with van der Waals surface area (Å²) in [6, 6.07) is 5.43. The van der Waals surface area contributed by atoms with E-state index in [1.165, 1.54) is 0 Å². The Kier molecular flexibility index (Phi) is 5.36. The minimum atomic E-state index is -0.439. The van der Waals surface area contributed by atoms with Gasteiger partial charge in [-0.1, -0.05) is 17.7 Å². The number of benzene rings is 1.